The number of aromatic nitrogens is 2. The summed E-state index contributed by atoms with van der Waals surface area (Å²) in [5.74, 6) is -0.447. The lowest BCUT2D eigenvalue weighted by molar-refractivity contribution is -0.126. The SMILES string of the molecule is Cc1ccc(CNC(=O)[C@@]2(C)Cn3nc(-c4cccs4)cc3C(=O)N2c2ccc(C)cc2C)cc1. The zero-order valence-electron chi connectivity index (χ0n) is 20.3. The average Bonchev–Trinajstić information content (AvgIpc) is 3.50. The van der Waals surface area contributed by atoms with Gasteiger partial charge >= 0.3 is 0 Å². The molecule has 178 valence electrons. The first-order valence-electron chi connectivity index (χ1n) is 11.6. The molecule has 4 aromatic rings. The van der Waals surface area contributed by atoms with Gasteiger partial charge in [-0.15, -0.1) is 11.3 Å². The molecule has 1 N–H and O–H groups in total. The number of benzene rings is 2. The van der Waals surface area contributed by atoms with Crippen LogP contribution in [0.25, 0.3) is 10.6 Å². The Balaban J connectivity index is 1.55. The van der Waals surface area contributed by atoms with E-state index in [9.17, 15) is 9.59 Å². The summed E-state index contributed by atoms with van der Waals surface area (Å²) in [5.41, 5.74) is 5.03. The Morgan fingerprint density at radius 2 is 1.80 bits per heavy atom. The summed E-state index contributed by atoms with van der Waals surface area (Å²) in [7, 11) is 0. The Morgan fingerprint density at radius 1 is 1.06 bits per heavy atom. The number of amides is 2. The van der Waals surface area contributed by atoms with E-state index < -0.39 is 5.54 Å². The number of nitrogens with one attached hydrogen (secondary N) is 1. The molecule has 0 bridgehead atoms. The van der Waals surface area contributed by atoms with Crippen LogP contribution in [0.15, 0.2) is 66.0 Å². The maximum Gasteiger partial charge on any atom is 0.277 e. The number of thiophene rings is 1. The van der Waals surface area contributed by atoms with Gasteiger partial charge in [-0.3, -0.25) is 19.2 Å². The fourth-order valence-electron chi connectivity index (χ4n) is 4.64. The van der Waals surface area contributed by atoms with Crippen molar-refractivity contribution in [1.29, 1.82) is 0 Å². The molecule has 0 saturated carbocycles. The Hall–Kier alpha value is -3.71. The van der Waals surface area contributed by atoms with E-state index in [1.807, 2.05) is 93.7 Å². The second-order valence-corrected chi connectivity index (χ2v) is 10.4. The van der Waals surface area contributed by atoms with Crippen LogP contribution >= 0.6 is 11.3 Å². The molecule has 2 aromatic carbocycles. The lowest BCUT2D eigenvalue weighted by Gasteiger charge is -2.43. The van der Waals surface area contributed by atoms with Crippen LogP contribution in [0.2, 0.25) is 0 Å². The van der Waals surface area contributed by atoms with Crippen molar-refractivity contribution in [3.05, 3.63) is 94.0 Å². The number of anilines is 1. The van der Waals surface area contributed by atoms with Crippen molar-refractivity contribution in [3.8, 4) is 10.6 Å². The molecule has 5 rings (SSSR count). The summed E-state index contributed by atoms with van der Waals surface area (Å²) in [6, 6.07) is 19.8. The van der Waals surface area contributed by atoms with Crippen molar-refractivity contribution in [3.63, 3.8) is 0 Å². The number of carbonyl (C=O) groups excluding carboxylic acids is 2. The number of fused-ring (bicyclic) bond motifs is 1. The van der Waals surface area contributed by atoms with E-state index >= 15 is 0 Å². The minimum Gasteiger partial charge on any atom is -0.350 e. The highest BCUT2D eigenvalue weighted by molar-refractivity contribution is 7.13. The Morgan fingerprint density at radius 3 is 2.49 bits per heavy atom. The molecule has 0 fully saturated rings. The summed E-state index contributed by atoms with van der Waals surface area (Å²) in [6.07, 6.45) is 0. The molecule has 0 saturated heterocycles. The largest absolute Gasteiger partial charge is 0.350 e. The number of hydrogen-bond donors (Lipinski definition) is 1. The lowest BCUT2D eigenvalue weighted by atomic mass is 9.92. The van der Waals surface area contributed by atoms with Gasteiger partial charge in [-0.05, 0) is 62.4 Å². The standard InChI is InChI=1S/C28H28N4O2S/c1-18-7-10-21(11-8-18)16-29-27(34)28(4)17-31-24(15-22(30-31)25-6-5-13-35-25)26(33)32(28)23-12-9-19(2)14-20(23)3/h5-15H,16-17H2,1-4H3,(H,29,34)/t28-/m1/s1. The fraction of sp³-hybridized carbons (Fsp3) is 0.250. The van der Waals surface area contributed by atoms with E-state index in [1.54, 1.807) is 20.9 Å². The van der Waals surface area contributed by atoms with Gasteiger partial charge in [0.2, 0.25) is 5.91 Å². The number of hydrogen-bond acceptors (Lipinski definition) is 4. The monoisotopic (exact) mass is 484 g/mol. The minimum absolute atomic E-state index is 0.217. The summed E-state index contributed by atoms with van der Waals surface area (Å²) in [5, 5.41) is 9.77. The fourth-order valence-corrected chi connectivity index (χ4v) is 5.32. The van der Waals surface area contributed by atoms with Crippen molar-refractivity contribution >= 4 is 28.8 Å². The summed E-state index contributed by atoms with van der Waals surface area (Å²) < 4.78 is 1.68. The zero-order chi connectivity index (χ0) is 24.7. The highest BCUT2D eigenvalue weighted by Gasteiger charge is 2.49. The van der Waals surface area contributed by atoms with Crippen LogP contribution in [0.4, 0.5) is 5.69 Å². The van der Waals surface area contributed by atoms with Crippen molar-refractivity contribution in [1.82, 2.24) is 15.1 Å². The first-order valence-corrected chi connectivity index (χ1v) is 12.5. The number of rotatable bonds is 5. The highest BCUT2D eigenvalue weighted by atomic mass is 32.1. The van der Waals surface area contributed by atoms with Crippen LogP contribution in [-0.2, 0) is 17.9 Å². The molecule has 3 heterocycles. The molecular weight excluding hydrogens is 456 g/mol. The van der Waals surface area contributed by atoms with Crippen LogP contribution in [0, 0.1) is 20.8 Å². The maximum absolute atomic E-state index is 14.0. The molecule has 7 heteroatoms. The number of aryl methyl sites for hydroxylation is 3. The second kappa shape index (κ2) is 8.82. The molecule has 1 aliphatic rings. The van der Waals surface area contributed by atoms with Gasteiger partial charge in [-0.25, -0.2) is 0 Å². The van der Waals surface area contributed by atoms with Gasteiger partial charge < -0.3 is 5.32 Å². The van der Waals surface area contributed by atoms with Gasteiger partial charge in [-0.1, -0.05) is 53.6 Å². The first kappa shape index (κ1) is 23.1. The third-order valence-electron chi connectivity index (χ3n) is 6.58. The molecular formula is C28H28N4O2S. The van der Waals surface area contributed by atoms with E-state index in [1.165, 1.54) is 5.56 Å². The summed E-state index contributed by atoms with van der Waals surface area (Å²) in [6.45, 7) is 8.49. The smallest absolute Gasteiger partial charge is 0.277 e. The van der Waals surface area contributed by atoms with Crippen LogP contribution in [0.3, 0.4) is 0 Å². The summed E-state index contributed by atoms with van der Waals surface area (Å²) in [4.78, 5) is 30.4. The normalized spacial score (nSPS) is 17.4. The second-order valence-electron chi connectivity index (χ2n) is 9.42. The number of nitrogens with zero attached hydrogens (tertiary/aromatic N) is 3. The third-order valence-corrected chi connectivity index (χ3v) is 7.48. The minimum atomic E-state index is -1.16. The van der Waals surface area contributed by atoms with Gasteiger partial charge in [0.15, 0.2) is 0 Å². The average molecular weight is 485 g/mol. The Bertz CT molecular complexity index is 1410. The predicted molar refractivity (Wildman–Crippen MR) is 140 cm³/mol. The molecule has 6 nitrogen and oxygen atoms in total. The van der Waals surface area contributed by atoms with Crippen molar-refractivity contribution < 1.29 is 9.59 Å². The van der Waals surface area contributed by atoms with Gasteiger partial charge in [0.1, 0.15) is 16.9 Å². The molecule has 0 radical (unpaired) electrons. The van der Waals surface area contributed by atoms with E-state index in [-0.39, 0.29) is 18.4 Å². The first-order chi connectivity index (χ1) is 16.8. The van der Waals surface area contributed by atoms with Crippen LogP contribution in [0.1, 0.15) is 39.7 Å². The van der Waals surface area contributed by atoms with Gasteiger partial charge in [-0.2, -0.15) is 5.10 Å². The quantitative estimate of drug-likeness (QED) is 0.420. The molecule has 35 heavy (non-hydrogen) atoms. The molecule has 2 amide bonds. The van der Waals surface area contributed by atoms with Crippen LogP contribution in [-0.4, -0.2) is 27.1 Å². The van der Waals surface area contributed by atoms with Gasteiger partial charge in [0.25, 0.3) is 5.91 Å². The van der Waals surface area contributed by atoms with Gasteiger partial charge in [0, 0.05) is 12.2 Å². The van der Waals surface area contributed by atoms with E-state index in [2.05, 4.69) is 5.32 Å². The molecule has 1 aliphatic heterocycles. The Labute approximate surface area is 209 Å². The van der Waals surface area contributed by atoms with Crippen molar-refractivity contribution in [2.24, 2.45) is 0 Å². The summed E-state index contributed by atoms with van der Waals surface area (Å²) >= 11 is 1.57. The molecule has 1 atom stereocenters. The Kier molecular flexibility index (Phi) is 5.81. The highest BCUT2D eigenvalue weighted by Crippen LogP contribution is 2.36. The maximum atomic E-state index is 14.0. The third kappa shape index (κ3) is 4.17. The van der Waals surface area contributed by atoms with E-state index in [0.29, 0.717) is 12.2 Å². The van der Waals surface area contributed by atoms with E-state index in [4.69, 9.17) is 5.10 Å². The van der Waals surface area contributed by atoms with Crippen LogP contribution in [0.5, 0.6) is 0 Å². The predicted octanol–water partition coefficient (Wildman–Crippen LogP) is 5.27. The topological polar surface area (TPSA) is 67.2 Å². The van der Waals surface area contributed by atoms with Crippen LogP contribution < -0.4 is 10.2 Å². The van der Waals surface area contributed by atoms with E-state index in [0.717, 1.165) is 32.9 Å². The zero-order valence-corrected chi connectivity index (χ0v) is 21.1. The molecule has 0 unspecified atom stereocenters. The number of carbonyl (C=O) groups is 2. The molecule has 0 aliphatic carbocycles. The lowest BCUT2D eigenvalue weighted by Crippen LogP contribution is -2.64. The molecule has 2 aromatic heterocycles. The van der Waals surface area contributed by atoms with Crippen molar-refractivity contribution in [2.75, 3.05) is 4.90 Å². The van der Waals surface area contributed by atoms with Gasteiger partial charge in [0.05, 0.1) is 11.4 Å². The van der Waals surface area contributed by atoms with Crippen molar-refractivity contribution in [2.45, 2.75) is 46.3 Å². The molecule has 0 spiro atoms.